The molecule has 0 N–H and O–H groups in total. The molecular formula is C17H25NO4. The van der Waals surface area contributed by atoms with Crippen molar-refractivity contribution in [3.63, 3.8) is 0 Å². The molecule has 0 bridgehead atoms. The number of methoxy groups -OCH3 is 1. The van der Waals surface area contributed by atoms with Gasteiger partial charge in [-0.1, -0.05) is 29.8 Å². The van der Waals surface area contributed by atoms with Gasteiger partial charge in [0.25, 0.3) is 0 Å². The summed E-state index contributed by atoms with van der Waals surface area (Å²) in [7, 11) is 2.86. The van der Waals surface area contributed by atoms with E-state index in [9.17, 15) is 9.59 Å². The van der Waals surface area contributed by atoms with Crippen LogP contribution in [0.3, 0.4) is 0 Å². The molecule has 0 aromatic heterocycles. The van der Waals surface area contributed by atoms with Crippen molar-refractivity contribution in [2.45, 2.75) is 45.8 Å². The van der Waals surface area contributed by atoms with Gasteiger partial charge >= 0.3 is 12.1 Å². The topological polar surface area (TPSA) is 55.8 Å². The molecule has 1 amide bonds. The second-order valence-corrected chi connectivity index (χ2v) is 6.32. The average Bonchev–Trinajstić information content (AvgIpc) is 2.43. The number of carbonyl (C=O) groups excluding carboxylic acids is 2. The first-order valence-electron chi connectivity index (χ1n) is 7.23. The molecule has 1 aromatic rings. The number of ether oxygens (including phenoxy) is 2. The van der Waals surface area contributed by atoms with Crippen molar-refractivity contribution in [1.29, 1.82) is 0 Å². The summed E-state index contributed by atoms with van der Waals surface area (Å²) in [5, 5.41) is 0. The smallest absolute Gasteiger partial charge is 0.410 e. The van der Waals surface area contributed by atoms with E-state index in [1.807, 2.05) is 31.2 Å². The lowest BCUT2D eigenvalue weighted by atomic mass is 10.0. The van der Waals surface area contributed by atoms with E-state index in [0.717, 1.165) is 11.1 Å². The quantitative estimate of drug-likeness (QED) is 0.803. The molecule has 5 heteroatoms. The van der Waals surface area contributed by atoms with Gasteiger partial charge in [-0.2, -0.15) is 0 Å². The number of aryl methyl sites for hydroxylation is 1. The van der Waals surface area contributed by atoms with Gasteiger partial charge < -0.3 is 9.47 Å². The van der Waals surface area contributed by atoms with E-state index in [4.69, 9.17) is 9.47 Å². The van der Waals surface area contributed by atoms with E-state index in [1.54, 1.807) is 27.8 Å². The Morgan fingerprint density at radius 2 is 1.73 bits per heavy atom. The first-order chi connectivity index (χ1) is 10.1. The average molecular weight is 307 g/mol. The zero-order valence-corrected chi connectivity index (χ0v) is 14.2. The van der Waals surface area contributed by atoms with Crippen molar-refractivity contribution in [1.82, 2.24) is 4.90 Å². The number of hydrogen-bond donors (Lipinski definition) is 0. The number of hydrogen-bond acceptors (Lipinski definition) is 4. The van der Waals surface area contributed by atoms with E-state index < -0.39 is 23.7 Å². The molecule has 0 aliphatic rings. The highest BCUT2D eigenvalue weighted by molar-refractivity contribution is 5.81. The number of likely N-dealkylation sites (N-methyl/N-ethyl adjacent to an activating group) is 1. The minimum Gasteiger partial charge on any atom is -0.467 e. The van der Waals surface area contributed by atoms with Crippen LogP contribution in [-0.2, 0) is 20.7 Å². The van der Waals surface area contributed by atoms with Crippen molar-refractivity contribution >= 4 is 12.1 Å². The fourth-order valence-electron chi connectivity index (χ4n) is 1.92. The summed E-state index contributed by atoms with van der Waals surface area (Å²) in [6.45, 7) is 7.35. The minimum absolute atomic E-state index is 0.378. The van der Waals surface area contributed by atoms with E-state index in [2.05, 4.69) is 0 Å². The molecule has 0 saturated carbocycles. The third-order valence-corrected chi connectivity index (χ3v) is 3.17. The molecule has 0 aliphatic heterocycles. The predicted octanol–water partition coefficient (Wildman–Crippen LogP) is 2.95. The van der Waals surface area contributed by atoms with E-state index in [-0.39, 0.29) is 0 Å². The van der Waals surface area contributed by atoms with Gasteiger partial charge in [0, 0.05) is 13.5 Å². The highest BCUT2D eigenvalue weighted by Crippen LogP contribution is 2.15. The third kappa shape index (κ3) is 5.39. The number of rotatable bonds is 4. The monoisotopic (exact) mass is 307 g/mol. The summed E-state index contributed by atoms with van der Waals surface area (Å²) in [4.78, 5) is 25.5. The second kappa shape index (κ2) is 7.29. The summed E-state index contributed by atoms with van der Waals surface area (Å²) in [5.41, 5.74) is 1.48. The van der Waals surface area contributed by atoms with Crippen LogP contribution in [0.1, 0.15) is 31.9 Å². The van der Waals surface area contributed by atoms with Gasteiger partial charge in [0.05, 0.1) is 7.11 Å². The Morgan fingerprint density at radius 1 is 1.18 bits per heavy atom. The molecule has 5 nitrogen and oxygen atoms in total. The molecule has 0 fully saturated rings. The van der Waals surface area contributed by atoms with Gasteiger partial charge in [0.15, 0.2) is 0 Å². The summed E-state index contributed by atoms with van der Waals surface area (Å²) < 4.78 is 10.1. The molecule has 22 heavy (non-hydrogen) atoms. The Labute approximate surface area is 132 Å². The summed E-state index contributed by atoms with van der Waals surface area (Å²) >= 11 is 0. The molecule has 0 spiro atoms. The minimum atomic E-state index is -0.720. The standard InChI is InChI=1S/C17H25NO4/c1-12-7-9-13(10-8-12)11-14(15(19)21-6)18(5)16(20)22-17(2,3)4/h7-10,14H,11H2,1-6H3/t14-/m0/s1. The van der Waals surface area contributed by atoms with Gasteiger partial charge in [0.1, 0.15) is 11.6 Å². The van der Waals surface area contributed by atoms with Crippen LogP contribution in [0, 0.1) is 6.92 Å². The fourth-order valence-corrected chi connectivity index (χ4v) is 1.92. The first kappa shape index (κ1) is 18.0. The van der Waals surface area contributed by atoms with Crippen molar-refractivity contribution in [3.8, 4) is 0 Å². The van der Waals surface area contributed by atoms with Crippen molar-refractivity contribution in [2.75, 3.05) is 14.2 Å². The number of benzene rings is 1. The van der Waals surface area contributed by atoms with Crippen LogP contribution in [0.4, 0.5) is 4.79 Å². The zero-order valence-electron chi connectivity index (χ0n) is 14.2. The van der Waals surface area contributed by atoms with Gasteiger partial charge in [0.2, 0.25) is 0 Å². The van der Waals surface area contributed by atoms with Gasteiger partial charge in [-0.05, 0) is 33.3 Å². The lowest BCUT2D eigenvalue weighted by Crippen LogP contribution is -2.46. The SMILES string of the molecule is COC(=O)[C@H](Cc1ccc(C)cc1)N(C)C(=O)OC(C)(C)C. The summed E-state index contributed by atoms with van der Waals surface area (Å²) in [6, 6.07) is 7.10. The number of nitrogens with zero attached hydrogens (tertiary/aromatic N) is 1. The largest absolute Gasteiger partial charge is 0.467 e. The Kier molecular flexibility index (Phi) is 5.97. The molecule has 0 aliphatic carbocycles. The second-order valence-electron chi connectivity index (χ2n) is 6.32. The van der Waals surface area contributed by atoms with Crippen molar-refractivity contribution in [3.05, 3.63) is 35.4 Å². The Bertz CT molecular complexity index is 516. The van der Waals surface area contributed by atoms with E-state index in [1.165, 1.54) is 12.0 Å². The Morgan fingerprint density at radius 3 is 2.18 bits per heavy atom. The van der Waals surface area contributed by atoms with Crippen LogP contribution in [0.25, 0.3) is 0 Å². The van der Waals surface area contributed by atoms with E-state index >= 15 is 0 Å². The zero-order chi connectivity index (χ0) is 16.9. The van der Waals surface area contributed by atoms with Crippen LogP contribution in [-0.4, -0.2) is 42.8 Å². The molecule has 1 atom stereocenters. The Balaban J connectivity index is 2.90. The van der Waals surface area contributed by atoms with Crippen LogP contribution < -0.4 is 0 Å². The summed E-state index contributed by atoms with van der Waals surface area (Å²) in [6.07, 6.45) is -0.169. The lowest BCUT2D eigenvalue weighted by molar-refractivity contribution is -0.146. The van der Waals surface area contributed by atoms with E-state index in [0.29, 0.717) is 6.42 Å². The van der Waals surface area contributed by atoms with Crippen LogP contribution in [0.2, 0.25) is 0 Å². The predicted molar refractivity (Wildman–Crippen MR) is 84.7 cm³/mol. The first-order valence-corrected chi connectivity index (χ1v) is 7.23. The number of esters is 1. The van der Waals surface area contributed by atoms with Gasteiger partial charge in [-0.25, -0.2) is 9.59 Å². The summed E-state index contributed by atoms with van der Waals surface area (Å²) in [5.74, 6) is -0.464. The molecule has 0 saturated heterocycles. The maximum absolute atomic E-state index is 12.2. The van der Waals surface area contributed by atoms with Gasteiger partial charge in [-0.3, -0.25) is 4.90 Å². The molecule has 122 valence electrons. The molecule has 1 aromatic carbocycles. The highest BCUT2D eigenvalue weighted by Gasteiger charge is 2.31. The molecule has 0 radical (unpaired) electrons. The molecule has 0 unspecified atom stereocenters. The Hall–Kier alpha value is -2.04. The number of carbonyl (C=O) groups is 2. The van der Waals surface area contributed by atoms with Crippen molar-refractivity contribution < 1.29 is 19.1 Å². The fraction of sp³-hybridized carbons (Fsp3) is 0.529. The normalized spacial score (nSPS) is 12.5. The van der Waals surface area contributed by atoms with Crippen molar-refractivity contribution in [2.24, 2.45) is 0 Å². The number of amides is 1. The maximum atomic E-state index is 12.2. The highest BCUT2D eigenvalue weighted by atomic mass is 16.6. The third-order valence-electron chi connectivity index (χ3n) is 3.17. The van der Waals surface area contributed by atoms with Crippen LogP contribution >= 0.6 is 0 Å². The van der Waals surface area contributed by atoms with Crippen LogP contribution in [0.15, 0.2) is 24.3 Å². The van der Waals surface area contributed by atoms with Crippen LogP contribution in [0.5, 0.6) is 0 Å². The lowest BCUT2D eigenvalue weighted by Gasteiger charge is -2.29. The molecular weight excluding hydrogens is 282 g/mol. The molecule has 0 heterocycles. The molecule has 1 rings (SSSR count). The maximum Gasteiger partial charge on any atom is 0.410 e. The van der Waals surface area contributed by atoms with Gasteiger partial charge in [-0.15, -0.1) is 0 Å².